The number of hydrogen-bond acceptors (Lipinski definition) is 6. The second kappa shape index (κ2) is 4.88. The lowest BCUT2D eigenvalue weighted by atomic mass is 10.1. The van der Waals surface area contributed by atoms with Gasteiger partial charge in [0.15, 0.2) is 0 Å². The highest BCUT2D eigenvalue weighted by atomic mass is 32.1. The van der Waals surface area contributed by atoms with Gasteiger partial charge in [-0.3, -0.25) is 0 Å². The van der Waals surface area contributed by atoms with E-state index < -0.39 is 0 Å². The molecule has 0 aliphatic carbocycles. The fourth-order valence-corrected chi connectivity index (χ4v) is 4.21. The van der Waals surface area contributed by atoms with Gasteiger partial charge in [0.1, 0.15) is 9.88 Å². The molecule has 4 nitrogen and oxygen atoms in total. The minimum Gasteiger partial charge on any atom is -0.465 e. The number of nitrogen functional groups attached to an aromatic ring is 1. The first kappa shape index (κ1) is 13.1. The third kappa shape index (κ3) is 1.97. The zero-order valence-electron chi connectivity index (χ0n) is 11.0. The normalized spacial score (nSPS) is 10.9. The summed E-state index contributed by atoms with van der Waals surface area (Å²) in [5.41, 5.74) is 8.68. The van der Waals surface area contributed by atoms with Gasteiger partial charge in [0, 0.05) is 5.56 Å². The molecule has 0 aliphatic heterocycles. The van der Waals surface area contributed by atoms with Gasteiger partial charge >= 0.3 is 5.97 Å². The summed E-state index contributed by atoms with van der Waals surface area (Å²) in [5, 5.41) is 1.44. The third-order valence-corrected chi connectivity index (χ3v) is 5.21. The predicted molar refractivity (Wildman–Crippen MR) is 83.4 cm³/mol. The monoisotopic (exact) mass is 304 g/mol. The average molecular weight is 304 g/mol. The highest BCUT2D eigenvalue weighted by Crippen LogP contribution is 2.41. The fourth-order valence-electron chi connectivity index (χ4n) is 2.07. The zero-order chi connectivity index (χ0) is 14.3. The summed E-state index contributed by atoms with van der Waals surface area (Å²) >= 11 is 2.82. The molecule has 3 rings (SSSR count). The van der Waals surface area contributed by atoms with E-state index in [9.17, 15) is 4.79 Å². The lowest BCUT2D eigenvalue weighted by Gasteiger charge is -1.98. The van der Waals surface area contributed by atoms with E-state index in [0.29, 0.717) is 9.88 Å². The summed E-state index contributed by atoms with van der Waals surface area (Å²) in [7, 11) is 1.37. The van der Waals surface area contributed by atoms with E-state index in [2.05, 4.69) is 4.98 Å². The number of methoxy groups -OCH3 is 1. The molecule has 0 spiro atoms. The van der Waals surface area contributed by atoms with Crippen LogP contribution >= 0.6 is 22.7 Å². The van der Waals surface area contributed by atoms with Gasteiger partial charge in [-0.15, -0.1) is 22.7 Å². The highest BCUT2D eigenvalue weighted by Gasteiger charge is 2.22. The number of carbonyl (C=O) groups excluding carboxylic acids is 1. The minimum atomic E-state index is -0.355. The summed E-state index contributed by atoms with van der Waals surface area (Å²) in [6.07, 6.45) is 0. The number of ether oxygens (including phenoxy) is 1. The van der Waals surface area contributed by atoms with Gasteiger partial charge in [-0.2, -0.15) is 0 Å². The molecule has 0 fully saturated rings. The number of esters is 1. The number of nitrogens with two attached hydrogens (primary N) is 1. The molecule has 3 aromatic rings. The number of benzene rings is 1. The van der Waals surface area contributed by atoms with Crippen molar-refractivity contribution in [1.82, 2.24) is 4.98 Å². The van der Waals surface area contributed by atoms with E-state index in [1.54, 1.807) is 11.3 Å². The Morgan fingerprint density at radius 2 is 2.05 bits per heavy atom. The van der Waals surface area contributed by atoms with Crippen molar-refractivity contribution in [3.05, 3.63) is 34.7 Å². The largest absolute Gasteiger partial charge is 0.465 e. The van der Waals surface area contributed by atoms with Crippen LogP contribution in [0, 0.1) is 6.92 Å². The molecule has 0 radical (unpaired) electrons. The number of hydrogen-bond donors (Lipinski definition) is 1. The second-order valence-corrected chi connectivity index (χ2v) is 6.36. The standard InChI is InChI=1S/C14H12N2O2S2/c1-7-10(12(15)20-11(7)14(17)18-2)13-16-8-5-3-4-6-9(8)19-13/h3-6H,15H2,1-2H3. The van der Waals surface area contributed by atoms with E-state index in [1.807, 2.05) is 31.2 Å². The van der Waals surface area contributed by atoms with Gasteiger partial charge in [0.2, 0.25) is 0 Å². The molecule has 20 heavy (non-hydrogen) atoms. The van der Waals surface area contributed by atoms with Crippen LogP contribution in [-0.2, 0) is 4.74 Å². The van der Waals surface area contributed by atoms with E-state index in [4.69, 9.17) is 10.5 Å². The Morgan fingerprint density at radius 3 is 2.75 bits per heavy atom. The van der Waals surface area contributed by atoms with E-state index in [1.165, 1.54) is 18.4 Å². The van der Waals surface area contributed by atoms with Gasteiger partial charge < -0.3 is 10.5 Å². The van der Waals surface area contributed by atoms with Crippen molar-refractivity contribution in [1.29, 1.82) is 0 Å². The number of thiazole rings is 1. The molecule has 0 unspecified atom stereocenters. The number of para-hydroxylation sites is 1. The quantitative estimate of drug-likeness (QED) is 0.733. The van der Waals surface area contributed by atoms with Crippen LogP contribution < -0.4 is 5.73 Å². The van der Waals surface area contributed by atoms with Gasteiger partial charge in [0.25, 0.3) is 0 Å². The molecule has 102 valence electrons. The number of anilines is 1. The number of nitrogens with zero attached hydrogens (tertiary/aromatic N) is 1. The molecule has 6 heteroatoms. The molecule has 0 aliphatic rings. The predicted octanol–water partition coefficient (Wildman–Crippen LogP) is 3.70. The smallest absolute Gasteiger partial charge is 0.348 e. The Morgan fingerprint density at radius 1 is 1.30 bits per heavy atom. The Labute approximate surface area is 123 Å². The van der Waals surface area contributed by atoms with Crippen molar-refractivity contribution in [3.63, 3.8) is 0 Å². The molecule has 2 heterocycles. The zero-order valence-corrected chi connectivity index (χ0v) is 12.6. The maximum absolute atomic E-state index is 11.7. The van der Waals surface area contributed by atoms with Crippen molar-refractivity contribution in [2.45, 2.75) is 6.92 Å². The molecule has 2 aromatic heterocycles. The lowest BCUT2D eigenvalue weighted by molar-refractivity contribution is 0.0605. The number of thiophene rings is 1. The molecule has 0 saturated carbocycles. The van der Waals surface area contributed by atoms with Crippen LogP contribution in [0.2, 0.25) is 0 Å². The topological polar surface area (TPSA) is 65.2 Å². The van der Waals surface area contributed by atoms with E-state index >= 15 is 0 Å². The lowest BCUT2D eigenvalue weighted by Crippen LogP contribution is -1.99. The Kier molecular flexibility index (Phi) is 3.19. The fraction of sp³-hybridized carbons (Fsp3) is 0.143. The molecule has 0 saturated heterocycles. The van der Waals surface area contributed by atoms with Crippen LogP contribution in [0.4, 0.5) is 5.00 Å². The van der Waals surface area contributed by atoms with E-state index in [-0.39, 0.29) is 5.97 Å². The molecule has 0 bridgehead atoms. The molecule has 0 amide bonds. The Hall–Kier alpha value is -1.92. The summed E-state index contributed by atoms with van der Waals surface area (Å²) in [4.78, 5) is 16.9. The third-order valence-electron chi connectivity index (χ3n) is 3.05. The molecule has 2 N–H and O–H groups in total. The van der Waals surface area contributed by atoms with Gasteiger partial charge in [-0.25, -0.2) is 9.78 Å². The Bertz CT molecular complexity index is 772. The summed E-state index contributed by atoms with van der Waals surface area (Å²) in [5.74, 6) is -0.355. The molecular formula is C14H12N2O2S2. The number of fused-ring (bicyclic) bond motifs is 1. The van der Waals surface area contributed by atoms with Crippen molar-refractivity contribution >= 4 is 43.9 Å². The SMILES string of the molecule is COC(=O)c1sc(N)c(-c2nc3ccccc3s2)c1C. The number of aromatic nitrogens is 1. The number of carbonyl (C=O) groups is 1. The summed E-state index contributed by atoms with van der Waals surface area (Å²) in [6, 6.07) is 7.92. The van der Waals surface area contributed by atoms with Crippen LogP contribution in [0.25, 0.3) is 20.8 Å². The van der Waals surface area contributed by atoms with Gasteiger partial charge in [-0.05, 0) is 24.6 Å². The first-order chi connectivity index (χ1) is 9.61. The van der Waals surface area contributed by atoms with Crippen LogP contribution in [0.1, 0.15) is 15.2 Å². The maximum Gasteiger partial charge on any atom is 0.348 e. The second-order valence-electron chi connectivity index (χ2n) is 4.27. The van der Waals surface area contributed by atoms with Crippen molar-refractivity contribution in [2.24, 2.45) is 0 Å². The van der Waals surface area contributed by atoms with Crippen LogP contribution in [0.3, 0.4) is 0 Å². The van der Waals surface area contributed by atoms with Gasteiger partial charge in [0.05, 0.1) is 22.3 Å². The molecular weight excluding hydrogens is 292 g/mol. The van der Waals surface area contributed by atoms with E-state index in [0.717, 1.165) is 26.4 Å². The van der Waals surface area contributed by atoms with Crippen LogP contribution in [-0.4, -0.2) is 18.1 Å². The minimum absolute atomic E-state index is 0.355. The molecule has 0 atom stereocenters. The first-order valence-corrected chi connectivity index (χ1v) is 7.58. The first-order valence-electron chi connectivity index (χ1n) is 5.95. The summed E-state index contributed by atoms with van der Waals surface area (Å²) < 4.78 is 5.88. The van der Waals surface area contributed by atoms with Crippen LogP contribution in [0.5, 0.6) is 0 Å². The van der Waals surface area contributed by atoms with Crippen molar-refractivity contribution in [2.75, 3.05) is 12.8 Å². The van der Waals surface area contributed by atoms with Crippen molar-refractivity contribution in [3.8, 4) is 10.6 Å². The average Bonchev–Trinajstić information content (AvgIpc) is 2.98. The van der Waals surface area contributed by atoms with Crippen LogP contribution in [0.15, 0.2) is 24.3 Å². The highest BCUT2D eigenvalue weighted by molar-refractivity contribution is 7.23. The van der Waals surface area contributed by atoms with Gasteiger partial charge in [-0.1, -0.05) is 12.1 Å². The van der Waals surface area contributed by atoms with Crippen molar-refractivity contribution < 1.29 is 9.53 Å². The Balaban J connectivity index is 2.19. The molecule has 1 aromatic carbocycles. The number of rotatable bonds is 2. The summed E-state index contributed by atoms with van der Waals surface area (Å²) in [6.45, 7) is 1.88. The maximum atomic E-state index is 11.7.